The highest BCUT2D eigenvalue weighted by Crippen LogP contribution is 2.25. The van der Waals surface area contributed by atoms with Crippen LogP contribution in [0.5, 0.6) is 0 Å². The molecule has 0 atom stereocenters. The fourth-order valence-electron chi connectivity index (χ4n) is 2.25. The molecule has 1 fully saturated rings. The number of carboxylic acid groups (broad SMARTS) is 1. The molecule has 1 aromatic rings. The third-order valence-corrected chi connectivity index (χ3v) is 4.85. The Hall–Kier alpha value is -1.47. The van der Waals surface area contributed by atoms with Gasteiger partial charge in [0.25, 0.3) is 0 Å². The van der Waals surface area contributed by atoms with Gasteiger partial charge in [0, 0.05) is 18.4 Å². The lowest BCUT2D eigenvalue weighted by Crippen LogP contribution is -2.38. The standard InChI is InChI=1S/C12H16N2O4S/c15-12(16)9-3-5-10(6-4-9)14-19(17,18)11-2-1-7-13-8-11/h1-2,7-10,14H,3-6H2,(H,15,16). The van der Waals surface area contributed by atoms with E-state index in [0.29, 0.717) is 25.7 Å². The third kappa shape index (κ3) is 3.51. The number of aliphatic carboxylic acids is 1. The number of aromatic nitrogens is 1. The average molecular weight is 284 g/mol. The van der Waals surface area contributed by atoms with Crippen molar-refractivity contribution in [3.63, 3.8) is 0 Å². The minimum Gasteiger partial charge on any atom is -0.481 e. The van der Waals surface area contributed by atoms with Gasteiger partial charge in [-0.2, -0.15) is 0 Å². The van der Waals surface area contributed by atoms with Crippen molar-refractivity contribution in [2.75, 3.05) is 0 Å². The van der Waals surface area contributed by atoms with Crippen molar-refractivity contribution in [1.82, 2.24) is 9.71 Å². The highest BCUT2D eigenvalue weighted by atomic mass is 32.2. The lowest BCUT2D eigenvalue weighted by molar-refractivity contribution is -0.142. The quantitative estimate of drug-likeness (QED) is 0.860. The summed E-state index contributed by atoms with van der Waals surface area (Å²) in [5, 5.41) is 8.89. The smallest absolute Gasteiger partial charge is 0.306 e. The maximum atomic E-state index is 12.0. The predicted octanol–water partition coefficient (Wildman–Crippen LogP) is 1.00. The minimum atomic E-state index is -3.56. The largest absolute Gasteiger partial charge is 0.481 e. The van der Waals surface area contributed by atoms with Crippen molar-refractivity contribution in [2.45, 2.75) is 36.6 Å². The fraction of sp³-hybridized carbons (Fsp3) is 0.500. The van der Waals surface area contributed by atoms with Crippen molar-refractivity contribution in [3.8, 4) is 0 Å². The maximum absolute atomic E-state index is 12.0. The second-order valence-electron chi connectivity index (χ2n) is 4.70. The van der Waals surface area contributed by atoms with E-state index in [1.54, 1.807) is 6.07 Å². The topological polar surface area (TPSA) is 96.4 Å². The maximum Gasteiger partial charge on any atom is 0.306 e. The highest BCUT2D eigenvalue weighted by molar-refractivity contribution is 7.89. The van der Waals surface area contributed by atoms with Gasteiger partial charge < -0.3 is 5.11 Å². The molecule has 0 aliphatic heterocycles. The van der Waals surface area contributed by atoms with E-state index < -0.39 is 16.0 Å². The molecule has 0 saturated heterocycles. The number of nitrogens with zero attached hydrogens (tertiary/aromatic N) is 1. The monoisotopic (exact) mass is 284 g/mol. The number of rotatable bonds is 4. The SMILES string of the molecule is O=C(O)C1CCC(NS(=O)(=O)c2cccnc2)CC1. The van der Waals surface area contributed by atoms with Crippen LogP contribution in [0, 0.1) is 5.92 Å². The number of sulfonamides is 1. The van der Waals surface area contributed by atoms with E-state index in [2.05, 4.69) is 9.71 Å². The lowest BCUT2D eigenvalue weighted by atomic mass is 9.87. The van der Waals surface area contributed by atoms with E-state index in [0.717, 1.165) is 0 Å². The summed E-state index contributed by atoms with van der Waals surface area (Å²) in [6.45, 7) is 0. The van der Waals surface area contributed by atoms with Crippen molar-refractivity contribution in [1.29, 1.82) is 0 Å². The van der Waals surface area contributed by atoms with Crippen LogP contribution in [-0.2, 0) is 14.8 Å². The molecule has 0 amide bonds. The Morgan fingerprint density at radius 3 is 2.53 bits per heavy atom. The van der Waals surface area contributed by atoms with Crippen LogP contribution in [0.25, 0.3) is 0 Å². The number of carboxylic acids is 1. The zero-order valence-electron chi connectivity index (χ0n) is 10.3. The molecule has 0 aromatic carbocycles. The van der Waals surface area contributed by atoms with Crippen LogP contribution in [0.4, 0.5) is 0 Å². The summed E-state index contributed by atoms with van der Waals surface area (Å²) >= 11 is 0. The van der Waals surface area contributed by atoms with Crippen LogP contribution in [0.15, 0.2) is 29.4 Å². The van der Waals surface area contributed by atoms with E-state index in [9.17, 15) is 13.2 Å². The van der Waals surface area contributed by atoms with Crippen LogP contribution in [0.3, 0.4) is 0 Å². The highest BCUT2D eigenvalue weighted by Gasteiger charge is 2.28. The zero-order chi connectivity index (χ0) is 13.9. The summed E-state index contributed by atoms with van der Waals surface area (Å²) in [6, 6.07) is 2.86. The Bertz CT molecular complexity index is 536. The van der Waals surface area contributed by atoms with Gasteiger partial charge in [-0.05, 0) is 37.8 Å². The van der Waals surface area contributed by atoms with Gasteiger partial charge in [-0.1, -0.05) is 0 Å². The number of hydrogen-bond acceptors (Lipinski definition) is 4. The van der Waals surface area contributed by atoms with Gasteiger partial charge in [0.05, 0.1) is 5.92 Å². The summed E-state index contributed by atoms with van der Waals surface area (Å²) in [6.07, 6.45) is 4.93. The van der Waals surface area contributed by atoms with Gasteiger partial charge in [0.2, 0.25) is 10.0 Å². The first kappa shape index (κ1) is 14.0. The van der Waals surface area contributed by atoms with Crippen molar-refractivity contribution >= 4 is 16.0 Å². The first-order valence-electron chi connectivity index (χ1n) is 6.14. The molecule has 19 heavy (non-hydrogen) atoms. The summed E-state index contributed by atoms with van der Waals surface area (Å²) in [7, 11) is -3.56. The van der Waals surface area contributed by atoms with Gasteiger partial charge in [-0.15, -0.1) is 0 Å². The predicted molar refractivity (Wildman–Crippen MR) is 67.9 cm³/mol. The molecule has 1 aromatic heterocycles. The van der Waals surface area contributed by atoms with E-state index in [4.69, 9.17) is 5.11 Å². The molecule has 7 heteroatoms. The molecular weight excluding hydrogens is 268 g/mol. The Kier molecular flexibility index (Phi) is 4.16. The van der Waals surface area contributed by atoms with E-state index in [1.165, 1.54) is 18.5 Å². The normalized spacial score (nSPS) is 24.0. The molecule has 0 radical (unpaired) electrons. The molecule has 0 unspecified atom stereocenters. The second kappa shape index (κ2) is 5.66. The Labute approximate surface area is 111 Å². The van der Waals surface area contributed by atoms with Crippen molar-refractivity contribution in [2.24, 2.45) is 5.92 Å². The van der Waals surface area contributed by atoms with Crippen molar-refractivity contribution < 1.29 is 18.3 Å². The van der Waals surface area contributed by atoms with Crippen molar-refractivity contribution in [3.05, 3.63) is 24.5 Å². The average Bonchev–Trinajstić information content (AvgIpc) is 2.40. The molecule has 6 nitrogen and oxygen atoms in total. The second-order valence-corrected chi connectivity index (χ2v) is 6.41. The molecular formula is C12H16N2O4S. The van der Waals surface area contributed by atoms with Gasteiger partial charge >= 0.3 is 5.97 Å². The van der Waals surface area contributed by atoms with E-state index in [1.807, 2.05) is 0 Å². The van der Waals surface area contributed by atoms with Crippen LogP contribution in [-0.4, -0.2) is 30.5 Å². The molecule has 1 saturated carbocycles. The van der Waals surface area contributed by atoms with E-state index in [-0.39, 0.29) is 16.9 Å². The molecule has 104 valence electrons. The Balaban J connectivity index is 1.98. The molecule has 0 bridgehead atoms. The number of hydrogen-bond donors (Lipinski definition) is 2. The summed E-state index contributed by atoms with van der Waals surface area (Å²) in [5.41, 5.74) is 0. The van der Waals surface area contributed by atoms with Crippen LogP contribution >= 0.6 is 0 Å². The molecule has 1 heterocycles. The molecule has 1 aliphatic carbocycles. The first-order chi connectivity index (χ1) is 8.99. The number of nitrogens with one attached hydrogen (secondary N) is 1. The lowest BCUT2D eigenvalue weighted by Gasteiger charge is -2.26. The summed E-state index contributed by atoms with van der Waals surface area (Å²) in [5.74, 6) is -1.15. The molecule has 0 spiro atoms. The third-order valence-electron chi connectivity index (χ3n) is 3.34. The number of carbonyl (C=O) groups is 1. The zero-order valence-corrected chi connectivity index (χ0v) is 11.1. The minimum absolute atomic E-state index is 0.135. The Morgan fingerprint density at radius 2 is 2.00 bits per heavy atom. The summed E-state index contributed by atoms with van der Waals surface area (Å²) < 4.78 is 26.7. The molecule has 2 N–H and O–H groups in total. The molecule has 1 aliphatic rings. The Morgan fingerprint density at radius 1 is 1.32 bits per heavy atom. The van der Waals surface area contributed by atoms with Gasteiger partial charge in [-0.3, -0.25) is 9.78 Å². The summed E-state index contributed by atoms with van der Waals surface area (Å²) in [4.78, 5) is 14.7. The van der Waals surface area contributed by atoms with Gasteiger partial charge in [0.1, 0.15) is 4.90 Å². The molecule has 2 rings (SSSR count). The van der Waals surface area contributed by atoms with Gasteiger partial charge in [-0.25, -0.2) is 13.1 Å². The fourth-order valence-corrected chi connectivity index (χ4v) is 3.52. The van der Waals surface area contributed by atoms with Crippen LogP contribution < -0.4 is 4.72 Å². The van der Waals surface area contributed by atoms with Crippen LogP contribution in [0.1, 0.15) is 25.7 Å². The van der Waals surface area contributed by atoms with Crippen LogP contribution in [0.2, 0.25) is 0 Å². The van der Waals surface area contributed by atoms with Gasteiger partial charge in [0.15, 0.2) is 0 Å². The number of pyridine rings is 1. The first-order valence-corrected chi connectivity index (χ1v) is 7.62. The van der Waals surface area contributed by atoms with E-state index >= 15 is 0 Å².